The number of nitrogen functional groups attached to an aromatic ring is 1. The number of aromatic nitrogens is 1. The van der Waals surface area contributed by atoms with E-state index in [0.29, 0.717) is 11.4 Å². The molecule has 0 aliphatic rings. The van der Waals surface area contributed by atoms with Crippen molar-refractivity contribution in [1.82, 2.24) is 4.98 Å². The first-order chi connectivity index (χ1) is 9.52. The number of nitrogens with zero attached hydrogens (tertiary/aromatic N) is 1. The summed E-state index contributed by atoms with van der Waals surface area (Å²) in [4.78, 5) is 3.84. The molecule has 0 bridgehead atoms. The summed E-state index contributed by atoms with van der Waals surface area (Å²) in [6.45, 7) is -0.311. The number of hydrazine groups is 1. The van der Waals surface area contributed by atoms with Crippen LogP contribution in [0.3, 0.4) is 0 Å². The number of hydrogen-bond acceptors (Lipinski definition) is 4. The topological polar surface area (TPSA) is 60.2 Å². The second-order valence-corrected chi connectivity index (χ2v) is 3.78. The summed E-state index contributed by atoms with van der Waals surface area (Å²) in [5, 5.41) is 0. The summed E-state index contributed by atoms with van der Waals surface area (Å²) in [5.41, 5.74) is 2.73. The number of nitrogens with two attached hydrogens (primary N) is 1. The van der Waals surface area contributed by atoms with Crippen molar-refractivity contribution in [2.75, 3.05) is 5.43 Å². The molecule has 0 aliphatic heterocycles. The van der Waals surface area contributed by atoms with E-state index in [-0.39, 0.29) is 12.7 Å². The molecule has 0 saturated carbocycles. The highest BCUT2D eigenvalue weighted by atomic mass is 19.2. The van der Waals surface area contributed by atoms with Crippen LogP contribution in [0.2, 0.25) is 0 Å². The van der Waals surface area contributed by atoms with Crippen LogP contribution in [0.15, 0.2) is 24.4 Å². The maximum Gasteiger partial charge on any atom is 0.203 e. The number of anilines is 1. The van der Waals surface area contributed by atoms with E-state index in [1.54, 1.807) is 0 Å². The molecule has 106 valence electrons. The van der Waals surface area contributed by atoms with Crippen LogP contribution in [0.5, 0.6) is 5.75 Å². The van der Waals surface area contributed by atoms with Crippen LogP contribution in [-0.4, -0.2) is 4.98 Å². The van der Waals surface area contributed by atoms with Gasteiger partial charge in [0.15, 0.2) is 17.4 Å². The molecule has 0 saturated heterocycles. The molecule has 0 radical (unpaired) electrons. The Morgan fingerprint density at radius 1 is 1.10 bits per heavy atom. The summed E-state index contributed by atoms with van der Waals surface area (Å²) >= 11 is 0. The van der Waals surface area contributed by atoms with E-state index in [2.05, 4.69) is 10.4 Å². The van der Waals surface area contributed by atoms with Gasteiger partial charge in [-0.3, -0.25) is 0 Å². The van der Waals surface area contributed by atoms with Crippen molar-refractivity contribution in [3.8, 4) is 5.75 Å². The monoisotopic (exact) mass is 287 g/mol. The average molecular weight is 287 g/mol. The quantitative estimate of drug-likeness (QED) is 0.392. The number of pyridine rings is 1. The number of halogens is 4. The lowest BCUT2D eigenvalue weighted by molar-refractivity contribution is 0.261. The van der Waals surface area contributed by atoms with Gasteiger partial charge in [0.1, 0.15) is 12.4 Å². The highest BCUT2D eigenvalue weighted by molar-refractivity contribution is 5.34. The predicted octanol–water partition coefficient (Wildman–Crippen LogP) is 2.50. The number of rotatable bonds is 4. The molecule has 0 fully saturated rings. The van der Waals surface area contributed by atoms with Gasteiger partial charge < -0.3 is 10.2 Å². The van der Waals surface area contributed by atoms with Gasteiger partial charge in [0, 0.05) is 17.8 Å². The van der Waals surface area contributed by atoms with E-state index in [1.807, 2.05) is 0 Å². The zero-order valence-corrected chi connectivity index (χ0v) is 9.96. The molecule has 0 amide bonds. The SMILES string of the molecule is NNc1ccc(COc2c(F)c(F)cc(F)c2F)cn1. The molecule has 1 aromatic heterocycles. The van der Waals surface area contributed by atoms with Crippen molar-refractivity contribution in [1.29, 1.82) is 0 Å². The fourth-order valence-corrected chi connectivity index (χ4v) is 1.43. The Hall–Kier alpha value is -2.35. The smallest absolute Gasteiger partial charge is 0.203 e. The van der Waals surface area contributed by atoms with Crippen LogP contribution in [0.25, 0.3) is 0 Å². The first-order valence-electron chi connectivity index (χ1n) is 5.40. The Morgan fingerprint density at radius 2 is 1.75 bits per heavy atom. The first kappa shape index (κ1) is 14.1. The molecule has 0 aliphatic carbocycles. The van der Waals surface area contributed by atoms with Gasteiger partial charge in [-0.1, -0.05) is 6.07 Å². The minimum atomic E-state index is -1.59. The fourth-order valence-electron chi connectivity index (χ4n) is 1.43. The second-order valence-electron chi connectivity index (χ2n) is 3.78. The fraction of sp³-hybridized carbons (Fsp3) is 0.0833. The first-order valence-corrected chi connectivity index (χ1v) is 5.40. The standard InChI is InChI=1S/C12H9F4N3O/c13-7-3-8(14)11(16)12(10(7)15)20-5-6-1-2-9(19-17)18-4-6/h1-4H,5,17H2,(H,18,19). The molecule has 3 N–H and O–H groups in total. The van der Waals surface area contributed by atoms with Crippen molar-refractivity contribution in [3.05, 3.63) is 53.2 Å². The molecule has 0 spiro atoms. The number of benzene rings is 1. The van der Waals surface area contributed by atoms with Crippen LogP contribution in [0, 0.1) is 23.3 Å². The van der Waals surface area contributed by atoms with Gasteiger partial charge >= 0.3 is 0 Å². The average Bonchev–Trinajstić information content (AvgIpc) is 2.46. The highest BCUT2D eigenvalue weighted by Gasteiger charge is 2.20. The van der Waals surface area contributed by atoms with Crippen molar-refractivity contribution in [2.45, 2.75) is 6.61 Å². The van der Waals surface area contributed by atoms with Gasteiger partial charge in [0.25, 0.3) is 0 Å². The Balaban J connectivity index is 2.18. The maximum atomic E-state index is 13.3. The molecule has 0 atom stereocenters. The van der Waals surface area contributed by atoms with Crippen molar-refractivity contribution in [2.24, 2.45) is 5.84 Å². The third kappa shape index (κ3) is 2.80. The Labute approximate surface area is 111 Å². The summed E-state index contributed by atoms with van der Waals surface area (Å²) in [6, 6.07) is 3.13. The second kappa shape index (κ2) is 5.74. The predicted molar refractivity (Wildman–Crippen MR) is 62.7 cm³/mol. The lowest BCUT2D eigenvalue weighted by Gasteiger charge is -2.09. The summed E-state index contributed by atoms with van der Waals surface area (Å²) in [7, 11) is 0. The summed E-state index contributed by atoms with van der Waals surface area (Å²) in [6.07, 6.45) is 1.33. The van der Waals surface area contributed by atoms with E-state index in [1.165, 1.54) is 18.3 Å². The normalized spacial score (nSPS) is 10.4. The number of hydrogen-bond donors (Lipinski definition) is 2. The Bertz CT molecular complexity index is 593. The van der Waals surface area contributed by atoms with E-state index >= 15 is 0 Å². The van der Waals surface area contributed by atoms with E-state index in [0.717, 1.165) is 0 Å². The highest BCUT2D eigenvalue weighted by Crippen LogP contribution is 2.27. The molecule has 0 unspecified atom stereocenters. The minimum Gasteiger partial charge on any atom is -0.483 e. The lowest BCUT2D eigenvalue weighted by atomic mass is 10.2. The zero-order valence-electron chi connectivity index (χ0n) is 9.96. The molecule has 2 aromatic rings. The third-order valence-electron chi connectivity index (χ3n) is 2.43. The van der Waals surface area contributed by atoms with Gasteiger partial charge in [-0.25, -0.2) is 19.6 Å². The van der Waals surface area contributed by atoms with E-state index in [9.17, 15) is 17.6 Å². The van der Waals surface area contributed by atoms with E-state index < -0.39 is 29.0 Å². The van der Waals surface area contributed by atoms with Gasteiger partial charge in [0.05, 0.1) is 0 Å². The van der Waals surface area contributed by atoms with Crippen LogP contribution >= 0.6 is 0 Å². The van der Waals surface area contributed by atoms with E-state index in [4.69, 9.17) is 10.6 Å². The van der Waals surface area contributed by atoms with Crippen LogP contribution < -0.4 is 16.0 Å². The van der Waals surface area contributed by atoms with Crippen LogP contribution in [-0.2, 0) is 6.61 Å². The molecular weight excluding hydrogens is 278 g/mol. The number of nitrogens with one attached hydrogen (secondary N) is 1. The Kier molecular flexibility index (Phi) is 4.04. The van der Waals surface area contributed by atoms with Gasteiger partial charge in [0.2, 0.25) is 11.6 Å². The lowest BCUT2D eigenvalue weighted by Crippen LogP contribution is -2.09. The molecular formula is C12H9F4N3O. The van der Waals surface area contributed by atoms with Gasteiger partial charge in [-0.15, -0.1) is 0 Å². The van der Waals surface area contributed by atoms with Crippen molar-refractivity contribution in [3.63, 3.8) is 0 Å². The molecule has 1 aromatic carbocycles. The molecule has 2 rings (SSSR count). The third-order valence-corrected chi connectivity index (χ3v) is 2.43. The maximum absolute atomic E-state index is 13.3. The molecule has 20 heavy (non-hydrogen) atoms. The minimum absolute atomic E-state index is 0.112. The van der Waals surface area contributed by atoms with Gasteiger partial charge in [-0.05, 0) is 6.07 Å². The zero-order chi connectivity index (χ0) is 14.7. The van der Waals surface area contributed by atoms with Crippen LogP contribution in [0.4, 0.5) is 23.4 Å². The Morgan fingerprint density at radius 3 is 2.25 bits per heavy atom. The largest absolute Gasteiger partial charge is 0.483 e. The van der Waals surface area contributed by atoms with Crippen LogP contribution in [0.1, 0.15) is 5.56 Å². The summed E-state index contributed by atoms with van der Waals surface area (Å²) < 4.78 is 57.3. The molecule has 1 heterocycles. The van der Waals surface area contributed by atoms with Gasteiger partial charge in [-0.2, -0.15) is 8.78 Å². The van der Waals surface area contributed by atoms with Crippen molar-refractivity contribution >= 4 is 5.82 Å². The molecule has 8 heteroatoms. The summed E-state index contributed by atoms with van der Waals surface area (Å²) in [5.74, 6) is -1.85. The number of ether oxygens (including phenoxy) is 1. The van der Waals surface area contributed by atoms with Crippen molar-refractivity contribution < 1.29 is 22.3 Å². The molecule has 4 nitrogen and oxygen atoms in total.